The molecular weight excluding hydrogens is 242 g/mol. The van der Waals surface area contributed by atoms with Gasteiger partial charge in [-0.25, -0.2) is 4.98 Å². The number of nitrogens with zero attached hydrogens (tertiary/aromatic N) is 1. The molecule has 0 saturated heterocycles. The van der Waals surface area contributed by atoms with E-state index in [2.05, 4.69) is 10.4 Å². The van der Waals surface area contributed by atoms with Gasteiger partial charge in [0, 0.05) is 22.8 Å². The van der Waals surface area contributed by atoms with E-state index in [1.165, 1.54) is 0 Å². The van der Waals surface area contributed by atoms with Crippen LogP contribution < -0.4 is 5.11 Å². The number of hydrogen-bond donors (Lipinski definition) is 0. The molecule has 0 aliphatic rings. The van der Waals surface area contributed by atoms with Crippen molar-refractivity contribution in [1.29, 1.82) is 0 Å². The minimum absolute atomic E-state index is 0.193. The van der Waals surface area contributed by atoms with Crippen molar-refractivity contribution in [2.45, 2.75) is 43.4 Å². The van der Waals surface area contributed by atoms with Gasteiger partial charge in [0.1, 0.15) is 4.34 Å². The van der Waals surface area contributed by atoms with Gasteiger partial charge in [-0.15, -0.1) is 11.3 Å². The van der Waals surface area contributed by atoms with Crippen LogP contribution in [0.2, 0.25) is 0 Å². The lowest BCUT2D eigenvalue weighted by molar-refractivity contribution is -0.305. The van der Waals surface area contributed by atoms with Crippen molar-refractivity contribution in [1.82, 2.24) is 4.98 Å². The Kier molecular flexibility index (Phi) is 6.49. The fourth-order valence-corrected chi connectivity index (χ4v) is 3.20. The van der Waals surface area contributed by atoms with E-state index in [1.807, 2.05) is 6.92 Å². The topological polar surface area (TPSA) is 53.0 Å². The van der Waals surface area contributed by atoms with Crippen molar-refractivity contribution >= 4 is 29.1 Å². The Bertz CT molecular complexity index is 326. The number of carbonyl (C=O) groups excluding carboxylic acids is 1. The molecule has 1 heterocycles. The van der Waals surface area contributed by atoms with E-state index in [1.54, 1.807) is 23.1 Å². The number of carbonyl (C=O) groups is 1. The van der Waals surface area contributed by atoms with Crippen LogP contribution in [0.1, 0.15) is 37.8 Å². The number of rotatable bonds is 8. The predicted molar refractivity (Wildman–Crippen MR) is 65.7 cm³/mol. The molecule has 1 aromatic heterocycles. The molecule has 0 unspecified atom stereocenters. The third-order valence-corrected chi connectivity index (χ3v) is 4.32. The van der Waals surface area contributed by atoms with Crippen LogP contribution in [-0.2, 0) is 4.79 Å². The van der Waals surface area contributed by atoms with Gasteiger partial charge in [0.25, 0.3) is 0 Å². The highest BCUT2D eigenvalue weighted by Gasteiger charge is 1.98. The molecule has 0 bridgehead atoms. The van der Waals surface area contributed by atoms with Gasteiger partial charge in [-0.05, 0) is 26.2 Å². The lowest BCUT2D eigenvalue weighted by Gasteiger charge is -2.01. The molecule has 0 radical (unpaired) electrons. The van der Waals surface area contributed by atoms with E-state index in [0.29, 0.717) is 0 Å². The fourth-order valence-electron chi connectivity index (χ4n) is 1.28. The van der Waals surface area contributed by atoms with Crippen LogP contribution in [0.3, 0.4) is 0 Å². The van der Waals surface area contributed by atoms with Crippen LogP contribution in [0, 0.1) is 6.92 Å². The third kappa shape index (κ3) is 6.12. The fraction of sp³-hybridized carbons (Fsp3) is 0.636. The Morgan fingerprint density at radius 1 is 1.44 bits per heavy atom. The van der Waals surface area contributed by atoms with Gasteiger partial charge in [-0.3, -0.25) is 0 Å². The Morgan fingerprint density at radius 2 is 2.19 bits per heavy atom. The van der Waals surface area contributed by atoms with Crippen LogP contribution >= 0.6 is 23.1 Å². The van der Waals surface area contributed by atoms with Crippen LogP contribution in [0.5, 0.6) is 0 Å². The van der Waals surface area contributed by atoms with Crippen molar-refractivity contribution in [3.63, 3.8) is 0 Å². The van der Waals surface area contributed by atoms with E-state index in [9.17, 15) is 9.90 Å². The maximum atomic E-state index is 10.2. The van der Waals surface area contributed by atoms with Crippen molar-refractivity contribution in [2.75, 3.05) is 5.75 Å². The van der Waals surface area contributed by atoms with Crippen LogP contribution in [0.25, 0.3) is 0 Å². The molecule has 0 aliphatic heterocycles. The van der Waals surface area contributed by atoms with Gasteiger partial charge < -0.3 is 9.90 Å². The Labute approximate surface area is 104 Å². The minimum Gasteiger partial charge on any atom is -0.550 e. The van der Waals surface area contributed by atoms with Gasteiger partial charge in [-0.1, -0.05) is 24.6 Å². The maximum absolute atomic E-state index is 10.2. The monoisotopic (exact) mass is 258 g/mol. The summed E-state index contributed by atoms with van der Waals surface area (Å²) in [6.45, 7) is 2.00. The molecule has 1 rings (SSSR count). The van der Waals surface area contributed by atoms with Crippen molar-refractivity contribution in [2.24, 2.45) is 0 Å². The first kappa shape index (κ1) is 13.5. The Hall–Kier alpha value is -0.550. The third-order valence-electron chi connectivity index (χ3n) is 2.10. The van der Waals surface area contributed by atoms with Gasteiger partial charge in [0.05, 0.1) is 0 Å². The van der Waals surface area contributed by atoms with Crippen LogP contribution in [0.4, 0.5) is 0 Å². The highest BCUT2D eigenvalue weighted by molar-refractivity contribution is 8.00. The summed E-state index contributed by atoms with van der Waals surface area (Å²) < 4.78 is 1.13. The highest BCUT2D eigenvalue weighted by Crippen LogP contribution is 2.23. The summed E-state index contributed by atoms with van der Waals surface area (Å²) >= 11 is 3.47. The lowest BCUT2D eigenvalue weighted by Crippen LogP contribution is -2.21. The summed E-state index contributed by atoms with van der Waals surface area (Å²) in [4.78, 5) is 14.5. The zero-order chi connectivity index (χ0) is 11.8. The van der Waals surface area contributed by atoms with Crippen LogP contribution in [0.15, 0.2) is 9.72 Å². The molecular formula is C11H16NO2S2-. The van der Waals surface area contributed by atoms with Crippen molar-refractivity contribution < 1.29 is 9.90 Å². The number of hydrogen-bond acceptors (Lipinski definition) is 5. The molecule has 0 aliphatic carbocycles. The molecule has 1 aromatic rings. The van der Waals surface area contributed by atoms with Gasteiger partial charge >= 0.3 is 0 Å². The number of aryl methyl sites for hydroxylation is 1. The second-order valence-electron chi connectivity index (χ2n) is 3.64. The second kappa shape index (κ2) is 7.68. The quantitative estimate of drug-likeness (QED) is 0.530. The standard InChI is InChI=1S/C11H17NO2S2/c1-9-8-16-11(12-9)15-7-5-3-2-4-6-10(13)14/h8H,2-7H2,1H3,(H,13,14)/p-1. The van der Waals surface area contributed by atoms with E-state index in [0.717, 1.165) is 41.5 Å². The average molecular weight is 258 g/mol. The first-order valence-corrected chi connectivity index (χ1v) is 7.30. The molecule has 0 saturated carbocycles. The summed E-state index contributed by atoms with van der Waals surface area (Å²) in [5.41, 5.74) is 1.08. The summed E-state index contributed by atoms with van der Waals surface area (Å²) in [5, 5.41) is 12.2. The maximum Gasteiger partial charge on any atom is 0.150 e. The van der Waals surface area contributed by atoms with Gasteiger partial charge in [0.2, 0.25) is 0 Å². The number of thiazole rings is 1. The molecule has 0 spiro atoms. The molecule has 0 amide bonds. The van der Waals surface area contributed by atoms with Crippen molar-refractivity contribution in [3.8, 4) is 0 Å². The second-order valence-corrected chi connectivity index (χ2v) is 5.84. The molecule has 0 fully saturated rings. The molecule has 16 heavy (non-hydrogen) atoms. The highest BCUT2D eigenvalue weighted by atomic mass is 32.2. The molecule has 5 heteroatoms. The molecule has 3 nitrogen and oxygen atoms in total. The molecule has 0 aromatic carbocycles. The zero-order valence-electron chi connectivity index (χ0n) is 9.40. The average Bonchev–Trinajstić information content (AvgIpc) is 2.62. The number of aromatic nitrogens is 1. The summed E-state index contributed by atoms with van der Waals surface area (Å²) in [5.74, 6) is 0.130. The first-order chi connectivity index (χ1) is 7.68. The van der Waals surface area contributed by atoms with Gasteiger partial charge in [-0.2, -0.15) is 0 Å². The summed E-state index contributed by atoms with van der Waals surface area (Å²) in [6, 6.07) is 0. The number of carboxylic acid groups (broad SMARTS) is 1. The normalized spacial score (nSPS) is 10.6. The van der Waals surface area contributed by atoms with E-state index < -0.39 is 5.97 Å². The minimum atomic E-state index is -0.937. The molecule has 0 atom stereocenters. The predicted octanol–water partition coefficient (Wildman–Crippen LogP) is 2.24. The van der Waals surface area contributed by atoms with E-state index >= 15 is 0 Å². The Balaban J connectivity index is 1.94. The number of aliphatic carboxylic acids is 1. The lowest BCUT2D eigenvalue weighted by atomic mass is 10.2. The largest absolute Gasteiger partial charge is 0.550 e. The molecule has 90 valence electrons. The molecule has 0 N–H and O–H groups in total. The van der Waals surface area contributed by atoms with Crippen LogP contribution in [-0.4, -0.2) is 16.7 Å². The van der Waals surface area contributed by atoms with E-state index in [-0.39, 0.29) is 6.42 Å². The smallest absolute Gasteiger partial charge is 0.150 e. The Morgan fingerprint density at radius 3 is 2.81 bits per heavy atom. The summed E-state index contributed by atoms with van der Waals surface area (Å²) in [7, 11) is 0. The van der Waals surface area contributed by atoms with Crippen molar-refractivity contribution in [3.05, 3.63) is 11.1 Å². The van der Waals surface area contributed by atoms with E-state index in [4.69, 9.17) is 0 Å². The number of thioether (sulfide) groups is 1. The zero-order valence-corrected chi connectivity index (χ0v) is 11.0. The van der Waals surface area contributed by atoms with Gasteiger partial charge in [0.15, 0.2) is 0 Å². The first-order valence-electron chi connectivity index (χ1n) is 5.43. The number of unbranched alkanes of at least 4 members (excludes halogenated alkanes) is 3. The number of carboxylic acids is 1. The summed E-state index contributed by atoms with van der Waals surface area (Å²) in [6.07, 6.45) is 4.12. The SMILES string of the molecule is Cc1csc(SCCCCCCC(=O)[O-])n1.